The maximum Gasteiger partial charge on any atom is 0.408 e. The number of nitrogens with zero attached hydrogens (tertiary/aromatic N) is 2. The molecule has 4 N–H and O–H groups in total. The maximum absolute atomic E-state index is 13.9. The van der Waals surface area contributed by atoms with Crippen LogP contribution in [-0.4, -0.2) is 73.2 Å². The van der Waals surface area contributed by atoms with Gasteiger partial charge < -0.3 is 24.8 Å². The lowest BCUT2D eigenvalue weighted by molar-refractivity contribution is -0.153. The van der Waals surface area contributed by atoms with E-state index in [0.717, 1.165) is 28.0 Å². The number of halogens is 1. The molecule has 0 saturated heterocycles. The van der Waals surface area contributed by atoms with Crippen LogP contribution in [0.15, 0.2) is 36.8 Å². The van der Waals surface area contributed by atoms with Gasteiger partial charge in [0, 0.05) is 34.5 Å². The smallest absolute Gasteiger partial charge is 0.408 e. The summed E-state index contributed by atoms with van der Waals surface area (Å²) in [6, 6.07) is 6.11. The van der Waals surface area contributed by atoms with Gasteiger partial charge in [-0.15, -0.1) is 11.3 Å². The molecule has 0 radical (unpaired) electrons. The molecule has 2 aliphatic rings. The number of fused-ring (bicyclic) bond motifs is 1. The van der Waals surface area contributed by atoms with Crippen molar-refractivity contribution >= 4 is 56.9 Å². The zero-order chi connectivity index (χ0) is 36.4. The number of benzene rings is 1. The number of alkyl carbamates (subject to hydrolysis) is 1. The standard InChI is InChI=1S/C33H40ClN5O9S2/c1-17(38-32(42)48-33(3,4)5)31(41)47-26-12-22(10-20(26)15-46-50(35,43)44)39-30-25(14-36-16-37-30)28(40)27-13-23(18(2)49-27)29-24-11-21(34)7-6-19(24)8-9-45-29/h6-7,11,13-14,16-17,20,22,26,29H,8-10,12,15H2,1-5H3,(H,38,42)(H2,35,43,44)(H,36,37,39)/t17-,20+,22+,26-,29-/m0/s1. The number of aromatic nitrogens is 2. The minimum Gasteiger partial charge on any atom is -0.460 e. The Balaban J connectivity index is 1.31. The highest BCUT2D eigenvalue weighted by molar-refractivity contribution is 7.84. The number of nitrogens with one attached hydrogen (secondary N) is 2. The van der Waals surface area contributed by atoms with E-state index in [1.165, 1.54) is 30.8 Å². The summed E-state index contributed by atoms with van der Waals surface area (Å²) in [5.41, 5.74) is 2.45. The van der Waals surface area contributed by atoms with Gasteiger partial charge >= 0.3 is 22.4 Å². The largest absolute Gasteiger partial charge is 0.460 e. The number of amides is 1. The van der Waals surface area contributed by atoms with Gasteiger partial charge in [0.05, 0.1) is 23.7 Å². The van der Waals surface area contributed by atoms with Crippen LogP contribution in [-0.2, 0) is 39.9 Å². The maximum atomic E-state index is 13.9. The van der Waals surface area contributed by atoms with Gasteiger partial charge in [0.15, 0.2) is 0 Å². The number of ether oxygens (including phenoxy) is 3. The number of carbonyl (C=O) groups excluding carboxylic acids is 3. The molecule has 1 saturated carbocycles. The highest BCUT2D eigenvalue weighted by atomic mass is 35.5. The summed E-state index contributed by atoms with van der Waals surface area (Å²) >= 11 is 7.65. The van der Waals surface area contributed by atoms with Crippen molar-refractivity contribution in [1.29, 1.82) is 0 Å². The van der Waals surface area contributed by atoms with E-state index in [0.29, 0.717) is 16.5 Å². The molecule has 3 aromatic rings. The number of nitrogens with two attached hydrogens (primary N) is 1. The van der Waals surface area contributed by atoms with Crippen molar-refractivity contribution in [3.63, 3.8) is 0 Å². The lowest BCUT2D eigenvalue weighted by atomic mass is 9.93. The van der Waals surface area contributed by atoms with E-state index < -0.39 is 52.1 Å². The Morgan fingerprint density at radius 1 is 1.18 bits per heavy atom. The lowest BCUT2D eigenvalue weighted by Crippen LogP contribution is -2.44. The normalized spacial score (nSPS) is 21.2. The number of esters is 1. The summed E-state index contributed by atoms with van der Waals surface area (Å²) < 4.78 is 45.1. The van der Waals surface area contributed by atoms with Gasteiger partial charge in [-0.05, 0) is 82.3 Å². The van der Waals surface area contributed by atoms with Crippen molar-refractivity contribution in [3.05, 3.63) is 73.8 Å². The molecule has 14 nitrogen and oxygen atoms in total. The predicted molar refractivity (Wildman–Crippen MR) is 185 cm³/mol. The highest BCUT2D eigenvalue weighted by Gasteiger charge is 2.39. The van der Waals surface area contributed by atoms with Crippen LogP contribution in [0.3, 0.4) is 0 Å². The molecule has 1 amide bonds. The minimum absolute atomic E-state index is 0.213. The van der Waals surface area contributed by atoms with Gasteiger partial charge in [0.25, 0.3) is 0 Å². The van der Waals surface area contributed by atoms with Crippen LogP contribution in [0.2, 0.25) is 5.02 Å². The van der Waals surface area contributed by atoms with Gasteiger partial charge in [-0.3, -0.25) is 8.98 Å². The predicted octanol–water partition coefficient (Wildman–Crippen LogP) is 4.63. The number of thiophene rings is 1. The van der Waals surface area contributed by atoms with Crippen LogP contribution < -0.4 is 15.8 Å². The number of aryl methyl sites for hydroxylation is 1. The minimum atomic E-state index is -4.28. The zero-order valence-corrected chi connectivity index (χ0v) is 30.6. The van der Waals surface area contributed by atoms with Crippen LogP contribution >= 0.6 is 22.9 Å². The fraction of sp³-hybridized carbons (Fsp3) is 0.485. The Morgan fingerprint density at radius 2 is 1.94 bits per heavy atom. The SMILES string of the molecule is Cc1sc(C(=O)c2cncnc2N[C@@H]2C[C@H](COS(N)(=O)=O)[C@@H](OC(=O)[C@H](C)NC(=O)OC(C)(C)C)C2)cc1[C@@H]1OCCc2ccc(Cl)cc21. The highest BCUT2D eigenvalue weighted by Crippen LogP contribution is 2.39. The molecule has 1 aliphatic heterocycles. The fourth-order valence-electron chi connectivity index (χ4n) is 5.98. The molecular formula is C33H40ClN5O9S2. The summed E-state index contributed by atoms with van der Waals surface area (Å²) in [4.78, 5) is 48.9. The van der Waals surface area contributed by atoms with Crippen LogP contribution in [0.1, 0.15) is 83.4 Å². The van der Waals surface area contributed by atoms with Gasteiger partial charge in [0.1, 0.15) is 36.0 Å². The first-order chi connectivity index (χ1) is 23.5. The first-order valence-corrected chi connectivity index (χ1v) is 18.6. The van der Waals surface area contributed by atoms with Gasteiger partial charge in [-0.1, -0.05) is 17.7 Å². The molecule has 0 spiro atoms. The Labute approximate surface area is 299 Å². The topological polar surface area (TPSA) is 198 Å². The Hall–Kier alpha value is -3.67. The summed E-state index contributed by atoms with van der Waals surface area (Å²) in [6.07, 6.45) is 2.02. The van der Waals surface area contributed by atoms with Crippen LogP contribution in [0.4, 0.5) is 10.6 Å². The number of hydrogen-bond donors (Lipinski definition) is 3. The molecular weight excluding hydrogens is 710 g/mol. The molecule has 0 bridgehead atoms. The lowest BCUT2D eigenvalue weighted by Gasteiger charge is -2.26. The van der Waals surface area contributed by atoms with E-state index in [1.807, 2.05) is 31.2 Å². The molecule has 270 valence electrons. The quantitative estimate of drug-likeness (QED) is 0.182. The van der Waals surface area contributed by atoms with Gasteiger partial charge in [-0.25, -0.2) is 24.7 Å². The molecule has 5 rings (SSSR count). The molecule has 0 unspecified atom stereocenters. The Morgan fingerprint density at radius 3 is 2.66 bits per heavy atom. The molecule has 5 atom stereocenters. The van der Waals surface area contributed by atoms with E-state index in [9.17, 15) is 22.8 Å². The van der Waals surface area contributed by atoms with Gasteiger partial charge in [-0.2, -0.15) is 8.42 Å². The molecule has 3 heterocycles. The molecule has 2 aromatic heterocycles. The molecule has 1 aromatic carbocycles. The Kier molecular flexibility index (Phi) is 11.5. The van der Waals surface area contributed by atoms with E-state index >= 15 is 0 Å². The van der Waals surface area contributed by atoms with Crippen molar-refractivity contribution in [3.8, 4) is 0 Å². The summed E-state index contributed by atoms with van der Waals surface area (Å²) in [7, 11) is -4.28. The molecule has 17 heteroatoms. The number of ketones is 1. The van der Waals surface area contributed by atoms with Crippen molar-refractivity contribution in [2.75, 3.05) is 18.5 Å². The van der Waals surface area contributed by atoms with Crippen molar-refractivity contribution < 1.29 is 41.2 Å². The van der Waals surface area contributed by atoms with Crippen LogP contribution in [0.25, 0.3) is 0 Å². The van der Waals surface area contributed by atoms with Gasteiger partial charge in [0.2, 0.25) is 5.78 Å². The van der Waals surface area contributed by atoms with Crippen LogP contribution in [0.5, 0.6) is 0 Å². The first-order valence-electron chi connectivity index (χ1n) is 16.0. The van der Waals surface area contributed by atoms with Crippen molar-refractivity contribution in [2.45, 2.75) is 83.8 Å². The average Bonchev–Trinajstić information content (AvgIpc) is 3.60. The van der Waals surface area contributed by atoms with E-state index in [4.69, 9.17) is 35.1 Å². The fourth-order valence-corrected chi connectivity index (χ4v) is 7.52. The van der Waals surface area contributed by atoms with Crippen molar-refractivity contribution in [2.24, 2.45) is 11.1 Å². The number of anilines is 1. The second-order valence-electron chi connectivity index (χ2n) is 13.3. The zero-order valence-electron chi connectivity index (χ0n) is 28.2. The third-order valence-corrected chi connectivity index (χ3v) is 10.0. The molecule has 1 fully saturated rings. The number of rotatable bonds is 11. The van der Waals surface area contributed by atoms with E-state index in [-0.39, 0.29) is 42.7 Å². The summed E-state index contributed by atoms with van der Waals surface area (Å²) in [6.45, 7) is 8.63. The summed E-state index contributed by atoms with van der Waals surface area (Å²) in [5, 5.41) is 11.4. The molecule has 50 heavy (non-hydrogen) atoms. The van der Waals surface area contributed by atoms with E-state index in [2.05, 4.69) is 20.6 Å². The second-order valence-corrected chi connectivity index (χ2v) is 16.2. The number of hydrogen-bond acceptors (Lipinski definition) is 13. The summed E-state index contributed by atoms with van der Waals surface area (Å²) in [5.74, 6) is -1.40. The monoisotopic (exact) mass is 749 g/mol. The first kappa shape index (κ1) is 37.6. The Bertz CT molecular complexity index is 1860. The second kappa shape index (κ2) is 15.3. The number of carbonyl (C=O) groups is 3. The van der Waals surface area contributed by atoms with Crippen LogP contribution in [0, 0.1) is 12.8 Å². The molecule has 1 aliphatic carbocycles. The van der Waals surface area contributed by atoms with E-state index in [1.54, 1.807) is 20.8 Å². The third-order valence-electron chi connectivity index (χ3n) is 8.24. The average molecular weight is 750 g/mol. The third kappa shape index (κ3) is 9.56. The van der Waals surface area contributed by atoms with Crippen molar-refractivity contribution in [1.82, 2.24) is 15.3 Å².